The van der Waals surface area contributed by atoms with Crippen LogP contribution in [0.2, 0.25) is 0 Å². The summed E-state index contributed by atoms with van der Waals surface area (Å²) in [6.45, 7) is 2.11. The molecule has 6 heteroatoms. The van der Waals surface area contributed by atoms with Gasteiger partial charge in [0.25, 0.3) is 5.91 Å². The third-order valence-electron chi connectivity index (χ3n) is 2.93. The van der Waals surface area contributed by atoms with Gasteiger partial charge in [0.2, 0.25) is 0 Å². The van der Waals surface area contributed by atoms with E-state index < -0.39 is 6.10 Å². The van der Waals surface area contributed by atoms with Crippen LogP contribution in [0.1, 0.15) is 17.3 Å². The fourth-order valence-electron chi connectivity index (χ4n) is 1.79. The van der Waals surface area contributed by atoms with Gasteiger partial charge < -0.3 is 20.5 Å². The molecule has 1 unspecified atom stereocenters. The number of aromatic nitrogens is 1. The van der Waals surface area contributed by atoms with Crippen molar-refractivity contribution in [2.75, 3.05) is 24.3 Å². The predicted molar refractivity (Wildman–Crippen MR) is 85.4 cm³/mol. The molecule has 0 bridgehead atoms. The van der Waals surface area contributed by atoms with Crippen LogP contribution in [-0.4, -0.2) is 35.8 Å². The van der Waals surface area contributed by atoms with Crippen LogP contribution in [-0.2, 0) is 0 Å². The summed E-state index contributed by atoms with van der Waals surface area (Å²) in [5.41, 5.74) is 1.10. The summed E-state index contributed by atoms with van der Waals surface area (Å²) < 4.78 is 5.10. The summed E-state index contributed by atoms with van der Waals surface area (Å²) in [5, 5.41) is 14.9. The minimum absolute atomic E-state index is 0.231. The number of hydrogen-bond acceptors (Lipinski definition) is 5. The summed E-state index contributed by atoms with van der Waals surface area (Å²) in [7, 11) is 1.56. The normalized spacial score (nSPS) is 11.6. The Kier molecular flexibility index (Phi) is 5.32. The number of anilines is 2. The SMILES string of the molecule is COc1cccc(C(=O)Nc2ccc(NCC(C)O)nc2)c1. The van der Waals surface area contributed by atoms with Gasteiger partial charge in [-0.15, -0.1) is 0 Å². The van der Waals surface area contributed by atoms with Crippen LogP contribution in [0.25, 0.3) is 0 Å². The maximum absolute atomic E-state index is 12.1. The Morgan fingerprint density at radius 3 is 2.82 bits per heavy atom. The highest BCUT2D eigenvalue weighted by molar-refractivity contribution is 6.04. The Bertz CT molecular complexity index is 627. The van der Waals surface area contributed by atoms with Gasteiger partial charge in [-0.1, -0.05) is 6.07 Å². The van der Waals surface area contributed by atoms with Crippen molar-refractivity contribution in [3.8, 4) is 5.75 Å². The van der Waals surface area contributed by atoms with Gasteiger partial charge in [0, 0.05) is 12.1 Å². The average Bonchev–Trinajstić information content (AvgIpc) is 2.54. The van der Waals surface area contributed by atoms with Gasteiger partial charge in [0.05, 0.1) is 25.1 Å². The standard InChI is InChI=1S/C16H19N3O3/c1-11(20)9-17-15-7-6-13(10-18-15)19-16(21)12-4-3-5-14(8-12)22-2/h3-8,10-11,20H,9H2,1-2H3,(H,17,18)(H,19,21). The summed E-state index contributed by atoms with van der Waals surface area (Å²) in [5.74, 6) is 1.04. The fraction of sp³-hybridized carbons (Fsp3) is 0.250. The number of methoxy groups -OCH3 is 1. The number of aliphatic hydroxyl groups excluding tert-OH is 1. The van der Waals surface area contributed by atoms with E-state index in [4.69, 9.17) is 4.74 Å². The number of ether oxygens (including phenoxy) is 1. The van der Waals surface area contributed by atoms with Crippen molar-refractivity contribution < 1.29 is 14.6 Å². The monoisotopic (exact) mass is 301 g/mol. The number of carbonyl (C=O) groups is 1. The lowest BCUT2D eigenvalue weighted by Crippen LogP contribution is -2.16. The predicted octanol–water partition coefficient (Wildman–Crippen LogP) is 2.14. The Morgan fingerprint density at radius 1 is 1.36 bits per heavy atom. The van der Waals surface area contributed by atoms with E-state index >= 15 is 0 Å². The molecule has 0 aliphatic carbocycles. The zero-order valence-corrected chi connectivity index (χ0v) is 12.5. The molecule has 0 radical (unpaired) electrons. The molecule has 1 heterocycles. The van der Waals surface area contributed by atoms with E-state index in [1.807, 2.05) is 0 Å². The van der Waals surface area contributed by atoms with Gasteiger partial charge in [-0.25, -0.2) is 4.98 Å². The minimum atomic E-state index is -0.450. The first-order valence-corrected chi connectivity index (χ1v) is 6.92. The topological polar surface area (TPSA) is 83.5 Å². The van der Waals surface area contributed by atoms with Gasteiger partial charge in [0.15, 0.2) is 0 Å². The second-order valence-electron chi connectivity index (χ2n) is 4.85. The van der Waals surface area contributed by atoms with Crippen LogP contribution in [0, 0.1) is 0 Å². The Labute approximate surface area is 129 Å². The van der Waals surface area contributed by atoms with Gasteiger partial charge in [-0.2, -0.15) is 0 Å². The van der Waals surface area contributed by atoms with Crippen molar-refractivity contribution in [3.05, 3.63) is 48.2 Å². The molecule has 3 N–H and O–H groups in total. The fourth-order valence-corrected chi connectivity index (χ4v) is 1.79. The van der Waals surface area contributed by atoms with E-state index in [0.29, 0.717) is 29.4 Å². The summed E-state index contributed by atoms with van der Waals surface area (Å²) in [4.78, 5) is 16.3. The van der Waals surface area contributed by atoms with Crippen LogP contribution >= 0.6 is 0 Å². The maximum atomic E-state index is 12.1. The first-order valence-electron chi connectivity index (χ1n) is 6.92. The number of amides is 1. The smallest absolute Gasteiger partial charge is 0.255 e. The molecule has 6 nitrogen and oxygen atoms in total. The lowest BCUT2D eigenvalue weighted by Gasteiger charge is -2.09. The molecule has 0 aliphatic heterocycles. The molecular weight excluding hydrogens is 282 g/mol. The number of nitrogens with one attached hydrogen (secondary N) is 2. The second-order valence-corrected chi connectivity index (χ2v) is 4.85. The Balaban J connectivity index is 1.99. The molecule has 22 heavy (non-hydrogen) atoms. The molecule has 2 rings (SSSR count). The lowest BCUT2D eigenvalue weighted by molar-refractivity contribution is 0.102. The molecule has 0 fully saturated rings. The van der Waals surface area contributed by atoms with E-state index in [2.05, 4.69) is 15.6 Å². The number of hydrogen-bond donors (Lipinski definition) is 3. The van der Waals surface area contributed by atoms with Crippen molar-refractivity contribution in [1.82, 2.24) is 4.98 Å². The van der Waals surface area contributed by atoms with Gasteiger partial charge in [-0.05, 0) is 37.3 Å². The highest BCUT2D eigenvalue weighted by Crippen LogP contribution is 2.15. The first-order chi connectivity index (χ1) is 10.6. The van der Waals surface area contributed by atoms with Crippen LogP contribution < -0.4 is 15.4 Å². The van der Waals surface area contributed by atoms with Gasteiger partial charge in [-0.3, -0.25) is 4.79 Å². The van der Waals surface area contributed by atoms with E-state index in [0.717, 1.165) is 0 Å². The molecule has 1 aromatic heterocycles. The van der Waals surface area contributed by atoms with Crippen LogP contribution in [0.5, 0.6) is 5.75 Å². The third kappa shape index (κ3) is 4.46. The highest BCUT2D eigenvalue weighted by atomic mass is 16.5. The molecule has 2 aromatic rings. The molecule has 1 aromatic carbocycles. The number of aliphatic hydroxyl groups is 1. The molecule has 116 valence electrons. The van der Waals surface area contributed by atoms with Crippen molar-refractivity contribution in [1.29, 1.82) is 0 Å². The molecular formula is C16H19N3O3. The van der Waals surface area contributed by atoms with E-state index in [-0.39, 0.29) is 5.91 Å². The van der Waals surface area contributed by atoms with E-state index in [9.17, 15) is 9.90 Å². The molecule has 0 spiro atoms. The van der Waals surface area contributed by atoms with Gasteiger partial charge >= 0.3 is 0 Å². The zero-order valence-electron chi connectivity index (χ0n) is 12.5. The van der Waals surface area contributed by atoms with Gasteiger partial charge in [0.1, 0.15) is 11.6 Å². The molecule has 0 aliphatic rings. The van der Waals surface area contributed by atoms with E-state index in [1.165, 1.54) is 0 Å². The quantitative estimate of drug-likeness (QED) is 0.761. The van der Waals surface area contributed by atoms with Crippen LogP contribution in [0.15, 0.2) is 42.6 Å². The number of carbonyl (C=O) groups excluding carboxylic acids is 1. The zero-order chi connectivity index (χ0) is 15.9. The van der Waals surface area contributed by atoms with Crippen LogP contribution in [0.4, 0.5) is 11.5 Å². The van der Waals surface area contributed by atoms with Crippen molar-refractivity contribution in [3.63, 3.8) is 0 Å². The number of rotatable bonds is 6. The second kappa shape index (κ2) is 7.42. The molecule has 0 saturated carbocycles. The van der Waals surface area contributed by atoms with E-state index in [1.54, 1.807) is 56.6 Å². The highest BCUT2D eigenvalue weighted by Gasteiger charge is 2.07. The van der Waals surface area contributed by atoms with Crippen molar-refractivity contribution >= 4 is 17.4 Å². The largest absolute Gasteiger partial charge is 0.497 e. The Morgan fingerprint density at radius 2 is 2.18 bits per heavy atom. The van der Waals surface area contributed by atoms with Crippen LogP contribution in [0.3, 0.4) is 0 Å². The first kappa shape index (κ1) is 15.8. The lowest BCUT2D eigenvalue weighted by atomic mass is 10.2. The minimum Gasteiger partial charge on any atom is -0.497 e. The summed E-state index contributed by atoms with van der Waals surface area (Å²) >= 11 is 0. The molecule has 1 atom stereocenters. The maximum Gasteiger partial charge on any atom is 0.255 e. The molecule has 0 saturated heterocycles. The molecule has 1 amide bonds. The number of pyridine rings is 1. The third-order valence-corrected chi connectivity index (χ3v) is 2.93. The Hall–Kier alpha value is -2.60. The number of nitrogens with zero attached hydrogens (tertiary/aromatic N) is 1. The number of benzene rings is 1. The average molecular weight is 301 g/mol. The van der Waals surface area contributed by atoms with Crippen molar-refractivity contribution in [2.45, 2.75) is 13.0 Å². The summed E-state index contributed by atoms with van der Waals surface area (Å²) in [6.07, 6.45) is 1.11. The summed E-state index contributed by atoms with van der Waals surface area (Å²) in [6, 6.07) is 10.4. The van der Waals surface area contributed by atoms with Crippen molar-refractivity contribution in [2.24, 2.45) is 0 Å².